The van der Waals surface area contributed by atoms with E-state index in [4.69, 9.17) is 15.9 Å². The van der Waals surface area contributed by atoms with Gasteiger partial charge < -0.3 is 10.5 Å². The van der Waals surface area contributed by atoms with Crippen LogP contribution in [0.15, 0.2) is 28.7 Å². The van der Waals surface area contributed by atoms with Gasteiger partial charge in [-0.2, -0.15) is 4.98 Å². The third kappa shape index (κ3) is 3.25. The van der Waals surface area contributed by atoms with Crippen LogP contribution in [0.3, 0.4) is 0 Å². The molecule has 0 aliphatic rings. The highest BCUT2D eigenvalue weighted by Gasteiger charge is 2.08. The van der Waals surface area contributed by atoms with Gasteiger partial charge in [0.15, 0.2) is 0 Å². The number of halogens is 2. The van der Waals surface area contributed by atoms with E-state index in [1.807, 2.05) is 0 Å². The van der Waals surface area contributed by atoms with E-state index in [0.717, 1.165) is 0 Å². The quantitative estimate of drug-likeness (QED) is 0.671. The summed E-state index contributed by atoms with van der Waals surface area (Å²) in [6.07, 6.45) is 0. The second-order valence-corrected chi connectivity index (χ2v) is 4.62. The SMILES string of the molecule is Cc1cc(C(=N)N)nc(Oc2ccc(F)c(Br)c2)n1. The Morgan fingerprint density at radius 3 is 2.74 bits per heavy atom. The number of aromatic nitrogens is 2. The summed E-state index contributed by atoms with van der Waals surface area (Å²) in [6, 6.07) is 5.83. The second-order valence-electron chi connectivity index (χ2n) is 3.77. The molecule has 0 spiro atoms. The molecule has 0 saturated carbocycles. The van der Waals surface area contributed by atoms with Crippen LogP contribution in [0.5, 0.6) is 11.8 Å². The molecule has 5 nitrogen and oxygen atoms in total. The summed E-state index contributed by atoms with van der Waals surface area (Å²) >= 11 is 3.06. The lowest BCUT2D eigenvalue weighted by atomic mass is 10.3. The summed E-state index contributed by atoms with van der Waals surface area (Å²) in [4.78, 5) is 8.06. The molecule has 1 aromatic heterocycles. The summed E-state index contributed by atoms with van der Waals surface area (Å²) in [5.41, 5.74) is 6.27. The fourth-order valence-corrected chi connectivity index (χ4v) is 1.73. The molecule has 0 amide bonds. The Morgan fingerprint density at radius 1 is 1.37 bits per heavy atom. The average molecular weight is 325 g/mol. The standard InChI is InChI=1S/C12H10BrFN4O/c1-6-4-10(11(15)16)18-12(17-6)19-7-2-3-9(14)8(13)5-7/h2-5H,1H3,(H3,15,16). The first-order chi connectivity index (χ1) is 8.95. The van der Waals surface area contributed by atoms with Crippen molar-refractivity contribution in [3.8, 4) is 11.8 Å². The number of nitrogens with one attached hydrogen (secondary N) is 1. The topological polar surface area (TPSA) is 84.9 Å². The van der Waals surface area contributed by atoms with Gasteiger partial charge in [-0.3, -0.25) is 5.41 Å². The molecule has 2 aromatic rings. The number of hydrogen-bond acceptors (Lipinski definition) is 4. The van der Waals surface area contributed by atoms with Gasteiger partial charge in [0.25, 0.3) is 0 Å². The van der Waals surface area contributed by atoms with Crippen LogP contribution in [0.4, 0.5) is 4.39 Å². The van der Waals surface area contributed by atoms with Gasteiger partial charge in [0.1, 0.15) is 23.1 Å². The highest BCUT2D eigenvalue weighted by Crippen LogP contribution is 2.24. The number of rotatable bonds is 3. The Balaban J connectivity index is 2.32. The first-order valence-electron chi connectivity index (χ1n) is 5.28. The molecule has 19 heavy (non-hydrogen) atoms. The molecular weight excluding hydrogens is 315 g/mol. The van der Waals surface area contributed by atoms with Crippen molar-refractivity contribution < 1.29 is 9.13 Å². The van der Waals surface area contributed by atoms with Crippen LogP contribution in [0.25, 0.3) is 0 Å². The maximum atomic E-state index is 13.1. The predicted octanol–water partition coefficient (Wildman–Crippen LogP) is 2.76. The third-order valence-corrected chi connectivity index (χ3v) is 2.82. The van der Waals surface area contributed by atoms with Gasteiger partial charge in [-0.1, -0.05) is 0 Å². The van der Waals surface area contributed by atoms with Gasteiger partial charge in [-0.05, 0) is 47.1 Å². The molecule has 0 radical (unpaired) electrons. The summed E-state index contributed by atoms with van der Waals surface area (Å²) in [5, 5.41) is 7.35. The molecule has 0 bridgehead atoms. The number of amidine groups is 1. The highest BCUT2D eigenvalue weighted by atomic mass is 79.9. The molecule has 2 rings (SSSR count). The number of nitrogens with zero attached hydrogens (tertiary/aromatic N) is 2. The molecule has 0 atom stereocenters. The molecule has 3 N–H and O–H groups in total. The van der Waals surface area contributed by atoms with E-state index < -0.39 is 0 Å². The molecule has 0 unspecified atom stereocenters. The fraction of sp³-hybridized carbons (Fsp3) is 0.0833. The molecule has 0 aliphatic heterocycles. The summed E-state index contributed by atoms with van der Waals surface area (Å²) in [6.45, 7) is 1.74. The maximum Gasteiger partial charge on any atom is 0.322 e. The second kappa shape index (κ2) is 5.31. The van der Waals surface area contributed by atoms with Crippen molar-refractivity contribution in [2.45, 2.75) is 6.92 Å². The lowest BCUT2D eigenvalue weighted by Crippen LogP contribution is -2.14. The van der Waals surface area contributed by atoms with Crippen molar-refractivity contribution in [3.05, 3.63) is 45.9 Å². The molecule has 1 heterocycles. The van der Waals surface area contributed by atoms with E-state index in [9.17, 15) is 4.39 Å². The fourth-order valence-electron chi connectivity index (χ4n) is 1.37. The zero-order chi connectivity index (χ0) is 14.0. The molecule has 0 fully saturated rings. The van der Waals surface area contributed by atoms with E-state index in [1.165, 1.54) is 18.2 Å². The molecule has 0 aliphatic carbocycles. The van der Waals surface area contributed by atoms with E-state index in [1.54, 1.807) is 13.0 Å². The monoisotopic (exact) mass is 324 g/mol. The minimum Gasteiger partial charge on any atom is -0.424 e. The number of nitrogen functional groups attached to an aromatic ring is 1. The van der Waals surface area contributed by atoms with Crippen molar-refractivity contribution in [3.63, 3.8) is 0 Å². The molecule has 1 aromatic carbocycles. The molecule has 7 heteroatoms. The van der Waals surface area contributed by atoms with E-state index in [2.05, 4.69) is 25.9 Å². The maximum absolute atomic E-state index is 13.1. The Hall–Kier alpha value is -2.02. The third-order valence-electron chi connectivity index (χ3n) is 2.21. The van der Waals surface area contributed by atoms with Crippen LogP contribution in [-0.4, -0.2) is 15.8 Å². The van der Waals surface area contributed by atoms with Crippen LogP contribution in [0.2, 0.25) is 0 Å². The van der Waals surface area contributed by atoms with Crippen molar-refractivity contribution >= 4 is 21.8 Å². The van der Waals surface area contributed by atoms with Gasteiger partial charge in [-0.15, -0.1) is 0 Å². The van der Waals surface area contributed by atoms with Crippen LogP contribution in [-0.2, 0) is 0 Å². The Kier molecular flexibility index (Phi) is 3.75. The Bertz CT molecular complexity index is 648. The first-order valence-corrected chi connectivity index (χ1v) is 6.08. The van der Waals surface area contributed by atoms with Gasteiger partial charge in [0, 0.05) is 5.69 Å². The van der Waals surface area contributed by atoms with E-state index in [-0.39, 0.29) is 27.8 Å². The van der Waals surface area contributed by atoms with E-state index >= 15 is 0 Å². The zero-order valence-corrected chi connectivity index (χ0v) is 11.5. The van der Waals surface area contributed by atoms with E-state index in [0.29, 0.717) is 11.4 Å². The van der Waals surface area contributed by atoms with Crippen LogP contribution >= 0.6 is 15.9 Å². The lowest BCUT2D eigenvalue weighted by Gasteiger charge is -2.07. The highest BCUT2D eigenvalue weighted by molar-refractivity contribution is 9.10. The van der Waals surface area contributed by atoms with Crippen molar-refractivity contribution in [1.29, 1.82) is 5.41 Å². The van der Waals surface area contributed by atoms with Crippen LogP contribution < -0.4 is 10.5 Å². The largest absolute Gasteiger partial charge is 0.424 e. The predicted molar refractivity (Wildman–Crippen MR) is 72.0 cm³/mol. The number of aryl methyl sites for hydroxylation is 1. The van der Waals surface area contributed by atoms with Gasteiger partial charge in [0.2, 0.25) is 0 Å². The summed E-state index contributed by atoms with van der Waals surface area (Å²) < 4.78 is 18.8. The number of nitrogens with two attached hydrogens (primary N) is 1. The van der Waals surface area contributed by atoms with Crippen LogP contribution in [0.1, 0.15) is 11.4 Å². The normalized spacial score (nSPS) is 10.3. The minimum absolute atomic E-state index is 0.0590. The number of hydrogen-bond donors (Lipinski definition) is 2. The average Bonchev–Trinajstić information content (AvgIpc) is 2.33. The minimum atomic E-state index is -0.387. The van der Waals surface area contributed by atoms with Crippen LogP contribution in [0, 0.1) is 18.2 Å². The molecular formula is C12H10BrFN4O. The number of ether oxygens (including phenoxy) is 1. The summed E-state index contributed by atoms with van der Waals surface area (Å²) in [5.74, 6) is -0.175. The van der Waals surface area contributed by atoms with Gasteiger partial charge in [-0.25, -0.2) is 9.37 Å². The number of benzene rings is 1. The lowest BCUT2D eigenvalue weighted by molar-refractivity contribution is 0.438. The van der Waals surface area contributed by atoms with Crippen molar-refractivity contribution in [2.24, 2.45) is 5.73 Å². The zero-order valence-electron chi connectivity index (χ0n) is 9.95. The molecule has 98 valence electrons. The van der Waals surface area contributed by atoms with Gasteiger partial charge >= 0.3 is 6.01 Å². The Morgan fingerprint density at radius 2 is 2.11 bits per heavy atom. The first kappa shape index (κ1) is 13.4. The smallest absolute Gasteiger partial charge is 0.322 e. The summed E-state index contributed by atoms with van der Waals surface area (Å²) in [7, 11) is 0. The molecule has 0 saturated heterocycles. The van der Waals surface area contributed by atoms with Crippen molar-refractivity contribution in [2.75, 3.05) is 0 Å². The Labute approximate surface area is 117 Å². The van der Waals surface area contributed by atoms with Crippen molar-refractivity contribution in [1.82, 2.24) is 9.97 Å². The van der Waals surface area contributed by atoms with Gasteiger partial charge in [0.05, 0.1) is 4.47 Å².